The van der Waals surface area contributed by atoms with Gasteiger partial charge in [0.1, 0.15) is 11.6 Å². The van der Waals surface area contributed by atoms with Crippen molar-refractivity contribution in [2.24, 2.45) is 4.99 Å². The van der Waals surface area contributed by atoms with E-state index in [1.807, 2.05) is 19.9 Å². The maximum Gasteiger partial charge on any atom is 0.191 e. The highest BCUT2D eigenvalue weighted by Crippen LogP contribution is 2.17. The minimum absolute atomic E-state index is 0.237. The van der Waals surface area contributed by atoms with Gasteiger partial charge < -0.3 is 24.7 Å². The predicted octanol–water partition coefficient (Wildman–Crippen LogP) is 2.57. The van der Waals surface area contributed by atoms with E-state index in [4.69, 9.17) is 9.47 Å². The van der Waals surface area contributed by atoms with Gasteiger partial charge in [-0.25, -0.2) is 14.4 Å². The first kappa shape index (κ1) is 21.3. The van der Waals surface area contributed by atoms with Crippen LogP contribution in [0.5, 0.6) is 0 Å². The number of imidazole rings is 1. The Hall–Kier alpha value is -2.45. The SMILES string of the molecule is CCNC(=NCc1ccc(-n2ccnc2C)c(F)c1)NCCCOC1CCOC1. The van der Waals surface area contributed by atoms with Crippen molar-refractivity contribution < 1.29 is 13.9 Å². The van der Waals surface area contributed by atoms with Gasteiger partial charge in [-0.1, -0.05) is 6.07 Å². The van der Waals surface area contributed by atoms with E-state index in [1.54, 1.807) is 23.0 Å². The third-order valence-corrected chi connectivity index (χ3v) is 4.72. The summed E-state index contributed by atoms with van der Waals surface area (Å²) >= 11 is 0. The lowest BCUT2D eigenvalue weighted by Gasteiger charge is -2.13. The average molecular weight is 404 g/mol. The molecular weight excluding hydrogens is 373 g/mol. The van der Waals surface area contributed by atoms with E-state index >= 15 is 0 Å². The number of halogens is 1. The fraction of sp³-hybridized carbons (Fsp3) is 0.524. The fourth-order valence-electron chi connectivity index (χ4n) is 3.16. The van der Waals surface area contributed by atoms with Crippen LogP contribution in [-0.4, -0.2) is 54.5 Å². The van der Waals surface area contributed by atoms with E-state index in [1.165, 1.54) is 6.07 Å². The molecule has 1 unspecified atom stereocenters. The van der Waals surface area contributed by atoms with Gasteiger partial charge in [-0.05, 0) is 44.4 Å². The van der Waals surface area contributed by atoms with Gasteiger partial charge in [-0.3, -0.25) is 0 Å². The van der Waals surface area contributed by atoms with Crippen LogP contribution < -0.4 is 10.6 Å². The fourth-order valence-corrected chi connectivity index (χ4v) is 3.16. The summed E-state index contributed by atoms with van der Waals surface area (Å²) in [5, 5.41) is 6.51. The first-order valence-corrected chi connectivity index (χ1v) is 10.2. The van der Waals surface area contributed by atoms with Gasteiger partial charge in [0.2, 0.25) is 0 Å². The number of aromatic nitrogens is 2. The van der Waals surface area contributed by atoms with E-state index in [-0.39, 0.29) is 11.9 Å². The Balaban J connectivity index is 1.50. The molecule has 0 amide bonds. The van der Waals surface area contributed by atoms with Gasteiger partial charge in [0, 0.05) is 38.7 Å². The summed E-state index contributed by atoms with van der Waals surface area (Å²) < 4.78 is 27.3. The van der Waals surface area contributed by atoms with E-state index in [0.29, 0.717) is 31.4 Å². The third kappa shape index (κ3) is 6.27. The highest BCUT2D eigenvalue weighted by Gasteiger charge is 2.15. The molecule has 1 fully saturated rings. The van der Waals surface area contributed by atoms with Crippen molar-refractivity contribution in [3.63, 3.8) is 0 Å². The second kappa shape index (κ2) is 10.9. The highest BCUT2D eigenvalue weighted by atomic mass is 19.1. The van der Waals surface area contributed by atoms with Crippen LogP contribution >= 0.6 is 0 Å². The molecule has 1 aliphatic heterocycles. The summed E-state index contributed by atoms with van der Waals surface area (Å²) in [6.45, 7) is 7.96. The molecule has 0 aliphatic carbocycles. The molecule has 0 radical (unpaired) electrons. The molecule has 2 aromatic rings. The molecule has 29 heavy (non-hydrogen) atoms. The van der Waals surface area contributed by atoms with Crippen LogP contribution in [0.4, 0.5) is 4.39 Å². The van der Waals surface area contributed by atoms with Crippen molar-refractivity contribution >= 4 is 5.96 Å². The first-order chi connectivity index (χ1) is 14.2. The molecule has 1 aliphatic rings. The van der Waals surface area contributed by atoms with Crippen LogP contribution in [0.25, 0.3) is 5.69 Å². The van der Waals surface area contributed by atoms with E-state index < -0.39 is 0 Å². The third-order valence-electron chi connectivity index (χ3n) is 4.72. The van der Waals surface area contributed by atoms with Gasteiger partial charge in [-0.2, -0.15) is 0 Å². The molecule has 8 heteroatoms. The largest absolute Gasteiger partial charge is 0.379 e. The minimum Gasteiger partial charge on any atom is -0.379 e. The quantitative estimate of drug-likeness (QED) is 0.383. The molecule has 2 N–H and O–H groups in total. The number of hydrogen-bond acceptors (Lipinski definition) is 4. The van der Waals surface area contributed by atoms with Crippen molar-refractivity contribution in [3.8, 4) is 5.69 Å². The Kier molecular flexibility index (Phi) is 8.01. The molecule has 1 atom stereocenters. The molecule has 1 saturated heterocycles. The summed E-state index contributed by atoms with van der Waals surface area (Å²) in [6, 6.07) is 5.18. The van der Waals surface area contributed by atoms with Gasteiger partial charge in [0.15, 0.2) is 5.96 Å². The molecule has 7 nitrogen and oxygen atoms in total. The molecule has 0 saturated carbocycles. The number of nitrogens with one attached hydrogen (secondary N) is 2. The van der Waals surface area contributed by atoms with Crippen LogP contribution in [0.15, 0.2) is 35.6 Å². The van der Waals surface area contributed by atoms with Crippen molar-refractivity contribution in [2.45, 2.75) is 39.3 Å². The normalized spacial score (nSPS) is 16.9. The molecule has 0 bridgehead atoms. The Bertz CT molecular complexity index is 802. The van der Waals surface area contributed by atoms with E-state index in [9.17, 15) is 4.39 Å². The second-order valence-electron chi connectivity index (χ2n) is 6.96. The molecule has 2 heterocycles. The maximum absolute atomic E-state index is 14.5. The van der Waals surface area contributed by atoms with Gasteiger partial charge in [-0.15, -0.1) is 0 Å². The van der Waals surface area contributed by atoms with Crippen molar-refractivity contribution in [1.29, 1.82) is 0 Å². The van der Waals surface area contributed by atoms with Gasteiger partial charge in [0.05, 0.1) is 24.9 Å². The number of benzene rings is 1. The number of nitrogens with zero attached hydrogens (tertiary/aromatic N) is 3. The number of hydrogen-bond donors (Lipinski definition) is 2. The van der Waals surface area contributed by atoms with Crippen LogP contribution in [0.3, 0.4) is 0 Å². The molecule has 0 spiro atoms. The Labute approximate surface area is 171 Å². The van der Waals surface area contributed by atoms with Crippen LogP contribution in [0.2, 0.25) is 0 Å². The Morgan fingerprint density at radius 3 is 3.00 bits per heavy atom. The topological polar surface area (TPSA) is 72.7 Å². The molecule has 3 rings (SSSR count). The summed E-state index contributed by atoms with van der Waals surface area (Å²) in [7, 11) is 0. The zero-order valence-electron chi connectivity index (χ0n) is 17.2. The number of guanidine groups is 1. The lowest BCUT2D eigenvalue weighted by Crippen LogP contribution is -2.38. The first-order valence-electron chi connectivity index (χ1n) is 10.2. The van der Waals surface area contributed by atoms with Crippen LogP contribution in [0, 0.1) is 12.7 Å². The standard InChI is InChI=1S/C21H30FN5O2/c1-3-23-21(25-8-4-11-29-18-7-12-28-15-18)26-14-17-5-6-20(19(22)13-17)27-10-9-24-16(27)2/h5-6,9-10,13,18H,3-4,7-8,11-12,14-15H2,1-2H3,(H2,23,25,26). The number of rotatable bonds is 9. The van der Waals surface area contributed by atoms with Crippen molar-refractivity contribution in [2.75, 3.05) is 32.9 Å². The summed E-state index contributed by atoms with van der Waals surface area (Å²) in [5.74, 6) is 1.18. The molecule has 1 aromatic heterocycles. The zero-order chi connectivity index (χ0) is 20.5. The van der Waals surface area contributed by atoms with E-state index in [0.717, 1.165) is 43.9 Å². The van der Waals surface area contributed by atoms with Crippen LogP contribution in [-0.2, 0) is 16.0 Å². The predicted molar refractivity (Wildman–Crippen MR) is 111 cm³/mol. The minimum atomic E-state index is -0.287. The molecule has 158 valence electrons. The maximum atomic E-state index is 14.5. The monoisotopic (exact) mass is 403 g/mol. The Morgan fingerprint density at radius 2 is 2.31 bits per heavy atom. The highest BCUT2D eigenvalue weighted by molar-refractivity contribution is 5.79. The zero-order valence-corrected chi connectivity index (χ0v) is 17.2. The smallest absolute Gasteiger partial charge is 0.191 e. The lowest BCUT2D eigenvalue weighted by molar-refractivity contribution is 0.0420. The second-order valence-corrected chi connectivity index (χ2v) is 6.96. The molecular formula is C21H30FN5O2. The average Bonchev–Trinajstić information content (AvgIpc) is 3.38. The lowest BCUT2D eigenvalue weighted by atomic mass is 10.2. The van der Waals surface area contributed by atoms with Gasteiger partial charge >= 0.3 is 0 Å². The summed E-state index contributed by atoms with van der Waals surface area (Å²) in [5.41, 5.74) is 1.30. The van der Waals surface area contributed by atoms with Crippen LogP contribution in [0.1, 0.15) is 31.2 Å². The Morgan fingerprint density at radius 1 is 1.41 bits per heavy atom. The number of ether oxygens (including phenoxy) is 2. The number of aliphatic imine (C=N–C) groups is 1. The summed E-state index contributed by atoms with van der Waals surface area (Å²) in [6.07, 6.45) is 5.51. The summed E-state index contributed by atoms with van der Waals surface area (Å²) in [4.78, 5) is 8.70. The van der Waals surface area contributed by atoms with Crippen molar-refractivity contribution in [3.05, 3.63) is 47.8 Å². The van der Waals surface area contributed by atoms with E-state index in [2.05, 4.69) is 20.6 Å². The van der Waals surface area contributed by atoms with Crippen molar-refractivity contribution in [1.82, 2.24) is 20.2 Å². The number of aryl methyl sites for hydroxylation is 1. The molecule has 1 aromatic carbocycles. The van der Waals surface area contributed by atoms with Gasteiger partial charge in [0.25, 0.3) is 0 Å².